The van der Waals surface area contributed by atoms with E-state index in [4.69, 9.17) is 4.74 Å². The molecule has 1 aliphatic carbocycles. The minimum absolute atomic E-state index is 0.112. The second kappa shape index (κ2) is 6.18. The summed E-state index contributed by atoms with van der Waals surface area (Å²) in [6.07, 6.45) is 5.64. The lowest BCUT2D eigenvalue weighted by atomic mass is 9.86. The molecule has 0 spiro atoms. The Morgan fingerprint density at radius 1 is 1.32 bits per heavy atom. The van der Waals surface area contributed by atoms with Crippen LogP contribution in [0.25, 0.3) is 0 Å². The molecule has 1 aromatic rings. The fourth-order valence-electron chi connectivity index (χ4n) is 2.65. The summed E-state index contributed by atoms with van der Waals surface area (Å²) < 4.78 is 19.6. The van der Waals surface area contributed by atoms with Gasteiger partial charge in [0.2, 0.25) is 0 Å². The molecule has 0 atom stereocenters. The van der Waals surface area contributed by atoms with Crippen LogP contribution in [0.1, 0.15) is 56.3 Å². The molecule has 0 saturated heterocycles. The van der Waals surface area contributed by atoms with Crippen LogP contribution in [0.2, 0.25) is 0 Å². The molecular formula is C16H21FO2. The average Bonchev–Trinajstić information content (AvgIpc) is 2.41. The summed E-state index contributed by atoms with van der Waals surface area (Å²) in [7, 11) is 0. The molecule has 1 saturated carbocycles. The first-order valence-corrected chi connectivity index (χ1v) is 7.07. The van der Waals surface area contributed by atoms with E-state index in [1.165, 1.54) is 19.4 Å². The van der Waals surface area contributed by atoms with Crippen molar-refractivity contribution < 1.29 is 13.9 Å². The Hall–Kier alpha value is -1.38. The van der Waals surface area contributed by atoms with Crippen LogP contribution in [-0.4, -0.2) is 11.9 Å². The molecule has 3 heteroatoms. The van der Waals surface area contributed by atoms with Crippen molar-refractivity contribution in [3.05, 3.63) is 29.6 Å². The van der Waals surface area contributed by atoms with Crippen LogP contribution in [0.15, 0.2) is 18.2 Å². The van der Waals surface area contributed by atoms with Gasteiger partial charge in [-0.2, -0.15) is 0 Å². The molecular weight excluding hydrogens is 243 g/mol. The van der Waals surface area contributed by atoms with Crippen LogP contribution in [0, 0.1) is 11.7 Å². The fourth-order valence-corrected chi connectivity index (χ4v) is 2.65. The third-order valence-corrected chi connectivity index (χ3v) is 4.00. The van der Waals surface area contributed by atoms with Crippen molar-refractivity contribution in [1.29, 1.82) is 0 Å². The molecule has 0 aliphatic heterocycles. The van der Waals surface area contributed by atoms with Gasteiger partial charge in [0.15, 0.2) is 17.3 Å². The van der Waals surface area contributed by atoms with Crippen molar-refractivity contribution in [3.8, 4) is 5.75 Å². The molecule has 2 nitrogen and oxygen atoms in total. The van der Waals surface area contributed by atoms with Crippen LogP contribution < -0.4 is 4.74 Å². The number of carbonyl (C=O) groups excluding carboxylic acids is 1. The maximum atomic E-state index is 13.8. The molecule has 2 rings (SSSR count). The second-order valence-corrected chi connectivity index (χ2v) is 5.37. The van der Waals surface area contributed by atoms with Crippen molar-refractivity contribution in [2.24, 2.45) is 5.92 Å². The van der Waals surface area contributed by atoms with Crippen molar-refractivity contribution in [2.45, 2.75) is 52.1 Å². The first kappa shape index (κ1) is 14.0. The predicted octanol–water partition coefficient (Wildman–Crippen LogP) is 4.38. The van der Waals surface area contributed by atoms with E-state index in [2.05, 4.69) is 6.92 Å². The normalized spacial score (nSPS) is 23.1. The number of rotatable bonds is 4. The van der Waals surface area contributed by atoms with Crippen LogP contribution in [0.5, 0.6) is 5.75 Å². The number of ether oxygens (including phenoxy) is 1. The molecule has 1 aromatic carbocycles. The van der Waals surface area contributed by atoms with E-state index < -0.39 is 5.82 Å². The van der Waals surface area contributed by atoms with E-state index in [0.717, 1.165) is 31.6 Å². The summed E-state index contributed by atoms with van der Waals surface area (Å²) in [6.45, 7) is 3.65. The lowest BCUT2D eigenvalue weighted by molar-refractivity contribution is 0.101. The molecule has 0 unspecified atom stereocenters. The molecule has 0 radical (unpaired) electrons. The second-order valence-electron chi connectivity index (χ2n) is 5.37. The quantitative estimate of drug-likeness (QED) is 0.754. The largest absolute Gasteiger partial charge is 0.487 e. The number of ketones is 1. The van der Waals surface area contributed by atoms with Crippen LogP contribution >= 0.6 is 0 Å². The van der Waals surface area contributed by atoms with Gasteiger partial charge in [-0.15, -0.1) is 0 Å². The number of halogens is 1. The van der Waals surface area contributed by atoms with Gasteiger partial charge in [-0.3, -0.25) is 4.79 Å². The lowest BCUT2D eigenvalue weighted by Crippen LogP contribution is -2.24. The van der Waals surface area contributed by atoms with E-state index in [-0.39, 0.29) is 17.6 Å². The first-order chi connectivity index (χ1) is 9.10. The number of carbonyl (C=O) groups is 1. The highest BCUT2D eigenvalue weighted by molar-refractivity contribution is 5.94. The van der Waals surface area contributed by atoms with Crippen molar-refractivity contribution in [2.75, 3.05) is 0 Å². The minimum Gasteiger partial charge on any atom is -0.487 e. The van der Waals surface area contributed by atoms with Gasteiger partial charge in [0.25, 0.3) is 0 Å². The van der Waals surface area contributed by atoms with E-state index in [0.29, 0.717) is 5.56 Å². The molecule has 0 amide bonds. The van der Waals surface area contributed by atoms with Gasteiger partial charge in [0.1, 0.15) is 0 Å². The van der Waals surface area contributed by atoms with Gasteiger partial charge in [0, 0.05) is 5.56 Å². The summed E-state index contributed by atoms with van der Waals surface area (Å²) in [6, 6.07) is 4.45. The zero-order chi connectivity index (χ0) is 13.8. The predicted molar refractivity (Wildman–Crippen MR) is 73.1 cm³/mol. The van der Waals surface area contributed by atoms with Gasteiger partial charge >= 0.3 is 0 Å². The van der Waals surface area contributed by atoms with E-state index in [1.807, 2.05) is 0 Å². The highest BCUT2D eigenvalue weighted by Gasteiger charge is 2.22. The van der Waals surface area contributed by atoms with Gasteiger partial charge in [-0.1, -0.05) is 13.3 Å². The Labute approximate surface area is 114 Å². The van der Waals surface area contributed by atoms with Crippen LogP contribution in [0.4, 0.5) is 4.39 Å². The number of hydrogen-bond donors (Lipinski definition) is 0. The van der Waals surface area contributed by atoms with Gasteiger partial charge in [-0.05, 0) is 56.7 Å². The molecule has 19 heavy (non-hydrogen) atoms. The Morgan fingerprint density at radius 3 is 2.53 bits per heavy atom. The van der Waals surface area contributed by atoms with Crippen molar-refractivity contribution in [1.82, 2.24) is 0 Å². The summed E-state index contributed by atoms with van der Waals surface area (Å²) in [5, 5.41) is 0. The third-order valence-electron chi connectivity index (χ3n) is 4.00. The Bertz CT molecular complexity index is 448. The zero-order valence-electron chi connectivity index (χ0n) is 11.6. The summed E-state index contributed by atoms with van der Waals surface area (Å²) in [4.78, 5) is 11.2. The monoisotopic (exact) mass is 264 g/mol. The molecule has 0 N–H and O–H groups in total. The Kier molecular flexibility index (Phi) is 4.56. The lowest BCUT2D eigenvalue weighted by Gasteiger charge is -2.28. The number of hydrogen-bond acceptors (Lipinski definition) is 2. The molecule has 104 valence electrons. The SMILES string of the molecule is CCC1CCC(Oc2ccc(C(C)=O)cc2F)CC1. The maximum absolute atomic E-state index is 13.8. The van der Waals surface area contributed by atoms with E-state index in [9.17, 15) is 9.18 Å². The zero-order valence-corrected chi connectivity index (χ0v) is 11.6. The third kappa shape index (κ3) is 3.55. The van der Waals surface area contributed by atoms with Gasteiger partial charge < -0.3 is 4.74 Å². The molecule has 0 bridgehead atoms. The smallest absolute Gasteiger partial charge is 0.165 e. The molecule has 1 aliphatic rings. The van der Waals surface area contributed by atoms with Crippen LogP contribution in [0.3, 0.4) is 0 Å². The minimum atomic E-state index is -0.440. The average molecular weight is 264 g/mol. The number of benzene rings is 1. The Morgan fingerprint density at radius 2 is 2.00 bits per heavy atom. The Balaban J connectivity index is 1.98. The molecule has 0 heterocycles. The van der Waals surface area contributed by atoms with E-state index in [1.54, 1.807) is 12.1 Å². The van der Waals surface area contributed by atoms with E-state index >= 15 is 0 Å². The maximum Gasteiger partial charge on any atom is 0.165 e. The van der Waals surface area contributed by atoms with Crippen molar-refractivity contribution >= 4 is 5.78 Å². The molecule has 1 fully saturated rings. The molecule has 0 aromatic heterocycles. The summed E-state index contributed by atoms with van der Waals surface area (Å²) in [5.74, 6) is 0.494. The van der Waals surface area contributed by atoms with Gasteiger partial charge in [0.05, 0.1) is 6.10 Å². The summed E-state index contributed by atoms with van der Waals surface area (Å²) in [5.41, 5.74) is 0.388. The topological polar surface area (TPSA) is 26.3 Å². The summed E-state index contributed by atoms with van der Waals surface area (Å²) >= 11 is 0. The highest BCUT2D eigenvalue weighted by Crippen LogP contribution is 2.30. The standard InChI is InChI=1S/C16H21FO2/c1-3-12-4-7-14(8-5-12)19-16-9-6-13(11(2)18)10-15(16)17/h6,9-10,12,14H,3-5,7-8H2,1-2H3. The van der Waals surface area contributed by atoms with Crippen molar-refractivity contribution in [3.63, 3.8) is 0 Å². The number of Topliss-reactive ketones (excluding diaryl/α,β-unsaturated/α-hetero) is 1. The van der Waals surface area contributed by atoms with Gasteiger partial charge in [-0.25, -0.2) is 4.39 Å². The first-order valence-electron chi connectivity index (χ1n) is 7.07. The highest BCUT2D eigenvalue weighted by atomic mass is 19.1. The fraction of sp³-hybridized carbons (Fsp3) is 0.562. The van der Waals surface area contributed by atoms with Crippen LogP contribution in [-0.2, 0) is 0 Å².